The predicted octanol–water partition coefficient (Wildman–Crippen LogP) is 3.45. The van der Waals surface area contributed by atoms with Gasteiger partial charge < -0.3 is 14.7 Å². The lowest BCUT2D eigenvalue weighted by Gasteiger charge is -2.38. The number of hydrogen-bond acceptors (Lipinski definition) is 4. The molecule has 1 saturated heterocycles. The third-order valence-corrected chi connectivity index (χ3v) is 6.06. The van der Waals surface area contributed by atoms with Crippen LogP contribution in [-0.4, -0.2) is 58.7 Å². The summed E-state index contributed by atoms with van der Waals surface area (Å²) in [6, 6.07) is 8.46. The van der Waals surface area contributed by atoms with Crippen molar-refractivity contribution in [1.82, 2.24) is 9.80 Å². The van der Waals surface area contributed by atoms with Crippen molar-refractivity contribution < 1.29 is 14.6 Å². The Balaban J connectivity index is 2.13. The number of carbonyl (C=O) groups excluding carboxylic acids is 1. The molecule has 1 amide bonds. The van der Waals surface area contributed by atoms with Gasteiger partial charge in [0.05, 0.1) is 19.3 Å². The maximum absolute atomic E-state index is 12.5. The van der Waals surface area contributed by atoms with Crippen molar-refractivity contribution >= 4 is 5.91 Å². The van der Waals surface area contributed by atoms with E-state index in [-0.39, 0.29) is 11.9 Å². The van der Waals surface area contributed by atoms with Gasteiger partial charge in [-0.1, -0.05) is 32.0 Å². The number of para-hydroxylation sites is 1. The van der Waals surface area contributed by atoms with E-state index in [0.717, 1.165) is 24.2 Å². The Morgan fingerprint density at radius 2 is 1.85 bits per heavy atom. The lowest BCUT2D eigenvalue weighted by molar-refractivity contribution is -0.131. The highest BCUT2D eigenvalue weighted by atomic mass is 16.5. The largest absolute Gasteiger partial charge is 0.496 e. The lowest BCUT2D eigenvalue weighted by Crippen LogP contribution is -2.50. The molecule has 0 radical (unpaired) electrons. The van der Waals surface area contributed by atoms with Gasteiger partial charge in [0.25, 0.3) is 0 Å². The van der Waals surface area contributed by atoms with Crippen molar-refractivity contribution in [2.45, 2.75) is 84.2 Å². The third-order valence-electron chi connectivity index (χ3n) is 6.06. The Morgan fingerprint density at radius 1 is 1.22 bits per heavy atom. The first kappa shape index (κ1) is 21.7. The average Bonchev–Trinajstić information content (AvgIpc) is 3.05. The minimum atomic E-state index is -0.547. The number of benzene rings is 1. The minimum Gasteiger partial charge on any atom is -0.496 e. The second-order valence-corrected chi connectivity index (χ2v) is 7.72. The van der Waals surface area contributed by atoms with E-state index in [1.54, 1.807) is 7.11 Å². The van der Waals surface area contributed by atoms with Gasteiger partial charge in [0.1, 0.15) is 5.75 Å². The normalized spacial score (nSPS) is 20.8. The number of nitrogens with zero attached hydrogens (tertiary/aromatic N) is 2. The van der Waals surface area contributed by atoms with Gasteiger partial charge in [-0.15, -0.1) is 0 Å². The van der Waals surface area contributed by atoms with E-state index in [1.807, 2.05) is 29.2 Å². The van der Waals surface area contributed by atoms with Crippen LogP contribution in [-0.2, 0) is 11.3 Å². The second-order valence-electron chi connectivity index (χ2n) is 7.72. The van der Waals surface area contributed by atoms with Crippen molar-refractivity contribution in [3.63, 3.8) is 0 Å². The van der Waals surface area contributed by atoms with Crippen molar-refractivity contribution in [1.29, 1.82) is 0 Å². The summed E-state index contributed by atoms with van der Waals surface area (Å²) < 4.78 is 5.43. The second kappa shape index (κ2) is 10.1. The molecule has 27 heavy (non-hydrogen) atoms. The number of aliphatic hydroxyl groups excluding tert-OH is 1. The van der Waals surface area contributed by atoms with Crippen LogP contribution < -0.4 is 4.74 Å². The third kappa shape index (κ3) is 5.23. The standard InChI is InChI=1S/C22H36N2O3/c1-6-16(3)23(17(4)7-2)15-20(25)19-12-13-22(26)24(19)14-18-10-8-9-11-21(18)27-5/h8-11,16-17,19-20,25H,6-7,12-15H2,1-5H3/t16-,17-,19+,20+/m1/s1. The fraction of sp³-hybridized carbons (Fsp3) is 0.682. The van der Waals surface area contributed by atoms with Gasteiger partial charge in [-0.05, 0) is 39.2 Å². The lowest BCUT2D eigenvalue weighted by atomic mass is 10.0. The molecule has 1 aromatic rings. The van der Waals surface area contributed by atoms with Gasteiger partial charge in [0.2, 0.25) is 5.91 Å². The van der Waals surface area contributed by atoms with Crippen LogP contribution in [0.5, 0.6) is 5.75 Å². The molecule has 4 atom stereocenters. The van der Waals surface area contributed by atoms with Crippen LogP contribution >= 0.6 is 0 Å². The Hall–Kier alpha value is -1.59. The Morgan fingerprint density at radius 3 is 2.44 bits per heavy atom. The molecule has 152 valence electrons. The van der Waals surface area contributed by atoms with Crippen molar-refractivity contribution in [3.8, 4) is 5.75 Å². The fourth-order valence-corrected chi connectivity index (χ4v) is 3.98. The fourth-order valence-electron chi connectivity index (χ4n) is 3.98. The predicted molar refractivity (Wildman–Crippen MR) is 109 cm³/mol. The molecule has 1 aliphatic heterocycles. The number of likely N-dealkylation sites (tertiary alicyclic amines) is 1. The number of carbonyl (C=O) groups is 1. The highest BCUT2D eigenvalue weighted by molar-refractivity contribution is 5.79. The van der Waals surface area contributed by atoms with Gasteiger partial charge in [-0.3, -0.25) is 9.69 Å². The number of methoxy groups -OCH3 is 1. The number of amides is 1. The molecular formula is C22H36N2O3. The molecule has 5 heteroatoms. The zero-order chi connectivity index (χ0) is 20.0. The molecule has 0 spiro atoms. The van der Waals surface area contributed by atoms with Gasteiger partial charge in [-0.25, -0.2) is 0 Å². The quantitative estimate of drug-likeness (QED) is 0.680. The summed E-state index contributed by atoms with van der Waals surface area (Å²) in [6.07, 6.45) is 2.76. The summed E-state index contributed by atoms with van der Waals surface area (Å²) in [5.41, 5.74) is 0.980. The summed E-state index contributed by atoms with van der Waals surface area (Å²) in [7, 11) is 1.65. The number of ether oxygens (including phenoxy) is 1. The first-order valence-electron chi connectivity index (χ1n) is 10.3. The zero-order valence-electron chi connectivity index (χ0n) is 17.5. The van der Waals surface area contributed by atoms with Crippen LogP contribution in [0.2, 0.25) is 0 Å². The zero-order valence-corrected chi connectivity index (χ0v) is 17.5. The number of hydrogen-bond donors (Lipinski definition) is 1. The molecule has 1 N–H and O–H groups in total. The first-order chi connectivity index (χ1) is 12.9. The van der Waals surface area contributed by atoms with Crippen LogP contribution in [0, 0.1) is 0 Å². The van der Waals surface area contributed by atoms with Crippen LogP contribution in [0.25, 0.3) is 0 Å². The highest BCUT2D eigenvalue weighted by Crippen LogP contribution is 2.28. The van der Waals surface area contributed by atoms with E-state index in [0.29, 0.717) is 38.0 Å². The minimum absolute atomic E-state index is 0.114. The Bertz CT molecular complexity index is 597. The maximum Gasteiger partial charge on any atom is 0.223 e. The van der Waals surface area contributed by atoms with Gasteiger partial charge >= 0.3 is 0 Å². The van der Waals surface area contributed by atoms with E-state index in [9.17, 15) is 9.90 Å². The smallest absolute Gasteiger partial charge is 0.223 e. The Kier molecular flexibility index (Phi) is 8.11. The van der Waals surface area contributed by atoms with Gasteiger partial charge in [0, 0.05) is 37.2 Å². The summed E-state index contributed by atoms with van der Waals surface area (Å²) in [4.78, 5) is 16.7. The monoisotopic (exact) mass is 376 g/mol. The number of aliphatic hydroxyl groups is 1. The summed E-state index contributed by atoms with van der Waals surface area (Å²) in [5.74, 6) is 0.898. The molecule has 1 aromatic carbocycles. The van der Waals surface area contributed by atoms with Crippen molar-refractivity contribution in [2.24, 2.45) is 0 Å². The molecule has 0 aliphatic carbocycles. The van der Waals surface area contributed by atoms with Crippen molar-refractivity contribution in [3.05, 3.63) is 29.8 Å². The summed E-state index contributed by atoms with van der Waals surface area (Å²) >= 11 is 0. The van der Waals surface area contributed by atoms with E-state index in [4.69, 9.17) is 4.74 Å². The van der Waals surface area contributed by atoms with Crippen molar-refractivity contribution in [2.75, 3.05) is 13.7 Å². The van der Waals surface area contributed by atoms with E-state index in [1.165, 1.54) is 0 Å². The summed E-state index contributed by atoms with van der Waals surface area (Å²) in [5, 5.41) is 11.0. The van der Waals surface area contributed by atoms with Crippen LogP contribution in [0.1, 0.15) is 58.9 Å². The molecule has 0 bridgehead atoms. The molecule has 0 saturated carbocycles. The van der Waals surface area contributed by atoms with E-state index < -0.39 is 6.10 Å². The molecule has 0 unspecified atom stereocenters. The maximum atomic E-state index is 12.5. The van der Waals surface area contributed by atoms with Crippen LogP contribution in [0.15, 0.2) is 24.3 Å². The average molecular weight is 377 g/mol. The topological polar surface area (TPSA) is 53.0 Å². The van der Waals surface area contributed by atoms with Crippen LogP contribution in [0.3, 0.4) is 0 Å². The van der Waals surface area contributed by atoms with E-state index in [2.05, 4.69) is 32.6 Å². The SMILES string of the molecule is CC[C@@H](C)N(C[C@H](O)[C@@H]1CCC(=O)N1Cc1ccccc1OC)[C@H](C)CC. The highest BCUT2D eigenvalue weighted by Gasteiger charge is 2.37. The molecule has 1 aliphatic rings. The molecule has 1 heterocycles. The summed E-state index contributed by atoms with van der Waals surface area (Å²) in [6.45, 7) is 9.87. The number of rotatable bonds is 10. The Labute approximate surface area is 164 Å². The first-order valence-corrected chi connectivity index (χ1v) is 10.3. The molecule has 2 rings (SSSR count). The van der Waals surface area contributed by atoms with E-state index >= 15 is 0 Å². The molecule has 1 fully saturated rings. The molecular weight excluding hydrogens is 340 g/mol. The molecule has 0 aromatic heterocycles. The van der Waals surface area contributed by atoms with Gasteiger partial charge in [0.15, 0.2) is 0 Å². The molecule has 5 nitrogen and oxygen atoms in total. The van der Waals surface area contributed by atoms with Crippen LogP contribution in [0.4, 0.5) is 0 Å². The van der Waals surface area contributed by atoms with Gasteiger partial charge in [-0.2, -0.15) is 0 Å².